The van der Waals surface area contributed by atoms with E-state index in [0.29, 0.717) is 31.5 Å². The number of nitrogens with one attached hydrogen (secondary N) is 1. The Labute approximate surface area is 148 Å². The molecular weight excluding hydrogens is 344 g/mol. The zero-order valence-electron chi connectivity index (χ0n) is 14.5. The molecule has 1 aliphatic rings. The van der Waals surface area contributed by atoms with Crippen molar-refractivity contribution in [3.63, 3.8) is 0 Å². The highest BCUT2D eigenvalue weighted by molar-refractivity contribution is 7.89. The van der Waals surface area contributed by atoms with Gasteiger partial charge in [-0.15, -0.1) is 0 Å². The molecule has 1 fully saturated rings. The number of nitrogens with zero attached hydrogens (tertiary/aromatic N) is 1. The van der Waals surface area contributed by atoms with E-state index in [1.54, 1.807) is 13.0 Å². The SMILES string of the molecule is CCCCS(=O)(=O)N1CCCC1C(=O)Nc1cc(C(=O)O)ccc1C. The lowest BCUT2D eigenvalue weighted by Gasteiger charge is -2.23. The molecule has 138 valence electrons. The first kappa shape index (κ1) is 19.4. The monoisotopic (exact) mass is 368 g/mol. The van der Waals surface area contributed by atoms with Crippen molar-refractivity contribution in [2.45, 2.75) is 45.6 Å². The number of carboxylic acids is 1. The molecule has 2 rings (SSSR count). The third-order valence-electron chi connectivity index (χ3n) is 4.36. The van der Waals surface area contributed by atoms with E-state index >= 15 is 0 Å². The number of hydrogen-bond donors (Lipinski definition) is 2. The molecule has 0 aromatic heterocycles. The van der Waals surface area contributed by atoms with Crippen molar-refractivity contribution in [3.8, 4) is 0 Å². The topological polar surface area (TPSA) is 104 Å². The van der Waals surface area contributed by atoms with Crippen LogP contribution in [-0.2, 0) is 14.8 Å². The Balaban J connectivity index is 2.17. The predicted molar refractivity (Wildman–Crippen MR) is 95.2 cm³/mol. The standard InChI is InChI=1S/C17H24N2O5S/c1-3-4-10-25(23,24)19-9-5-6-15(19)16(20)18-14-11-13(17(21)22)8-7-12(14)2/h7-8,11,15H,3-6,9-10H2,1-2H3,(H,18,20)(H,21,22). The van der Waals surface area contributed by atoms with E-state index in [2.05, 4.69) is 5.32 Å². The van der Waals surface area contributed by atoms with Crippen LogP contribution in [0, 0.1) is 6.92 Å². The molecule has 1 saturated heterocycles. The minimum Gasteiger partial charge on any atom is -0.478 e. The highest BCUT2D eigenvalue weighted by Gasteiger charge is 2.38. The van der Waals surface area contributed by atoms with Crippen LogP contribution in [0.4, 0.5) is 5.69 Å². The molecule has 1 heterocycles. The second-order valence-electron chi connectivity index (χ2n) is 6.26. The molecule has 0 bridgehead atoms. The van der Waals surface area contributed by atoms with Gasteiger partial charge in [0.15, 0.2) is 0 Å². The Morgan fingerprint density at radius 3 is 2.72 bits per heavy atom. The van der Waals surface area contributed by atoms with Gasteiger partial charge in [-0.2, -0.15) is 4.31 Å². The summed E-state index contributed by atoms with van der Waals surface area (Å²) in [5.41, 5.74) is 1.18. The van der Waals surface area contributed by atoms with Gasteiger partial charge >= 0.3 is 5.97 Å². The molecule has 0 spiro atoms. The Hall–Kier alpha value is -1.93. The molecule has 8 heteroatoms. The molecule has 1 aliphatic heterocycles. The molecular formula is C17H24N2O5S. The lowest BCUT2D eigenvalue weighted by molar-refractivity contribution is -0.119. The zero-order chi connectivity index (χ0) is 18.6. The number of sulfonamides is 1. The highest BCUT2D eigenvalue weighted by atomic mass is 32.2. The lowest BCUT2D eigenvalue weighted by atomic mass is 10.1. The lowest BCUT2D eigenvalue weighted by Crippen LogP contribution is -2.44. The third kappa shape index (κ3) is 4.58. The summed E-state index contributed by atoms with van der Waals surface area (Å²) < 4.78 is 26.2. The van der Waals surface area contributed by atoms with Crippen LogP contribution in [0.1, 0.15) is 48.5 Å². The molecule has 7 nitrogen and oxygen atoms in total. The number of aryl methyl sites for hydroxylation is 1. The number of anilines is 1. The van der Waals surface area contributed by atoms with E-state index in [9.17, 15) is 18.0 Å². The van der Waals surface area contributed by atoms with E-state index in [1.807, 2.05) is 6.92 Å². The molecule has 1 atom stereocenters. The molecule has 1 unspecified atom stereocenters. The van der Waals surface area contributed by atoms with Crippen LogP contribution in [0.3, 0.4) is 0 Å². The number of unbranched alkanes of at least 4 members (excludes halogenated alkanes) is 1. The average molecular weight is 368 g/mol. The van der Waals surface area contributed by atoms with Gasteiger partial charge < -0.3 is 10.4 Å². The number of hydrogen-bond acceptors (Lipinski definition) is 4. The smallest absolute Gasteiger partial charge is 0.335 e. The van der Waals surface area contributed by atoms with E-state index in [0.717, 1.165) is 12.0 Å². The maximum atomic E-state index is 12.6. The van der Waals surface area contributed by atoms with Crippen molar-refractivity contribution in [1.82, 2.24) is 4.31 Å². The minimum atomic E-state index is -3.46. The molecule has 25 heavy (non-hydrogen) atoms. The third-order valence-corrected chi connectivity index (χ3v) is 6.32. The fourth-order valence-corrected chi connectivity index (χ4v) is 4.77. The number of aromatic carboxylic acids is 1. The second-order valence-corrected chi connectivity index (χ2v) is 8.30. The molecule has 0 radical (unpaired) electrons. The van der Waals surface area contributed by atoms with Gasteiger partial charge in [0.25, 0.3) is 0 Å². The van der Waals surface area contributed by atoms with Crippen LogP contribution >= 0.6 is 0 Å². The van der Waals surface area contributed by atoms with E-state index < -0.39 is 27.9 Å². The van der Waals surface area contributed by atoms with Gasteiger partial charge in [0.1, 0.15) is 6.04 Å². The maximum Gasteiger partial charge on any atom is 0.335 e. The number of rotatable bonds is 7. The summed E-state index contributed by atoms with van der Waals surface area (Å²) >= 11 is 0. The fraction of sp³-hybridized carbons (Fsp3) is 0.529. The molecule has 0 saturated carbocycles. The van der Waals surface area contributed by atoms with Crippen LogP contribution in [0.5, 0.6) is 0 Å². The van der Waals surface area contributed by atoms with Crippen LogP contribution < -0.4 is 5.32 Å². The average Bonchev–Trinajstić information content (AvgIpc) is 3.05. The molecule has 1 aromatic carbocycles. The first-order chi connectivity index (χ1) is 11.8. The Morgan fingerprint density at radius 2 is 2.08 bits per heavy atom. The van der Waals surface area contributed by atoms with Gasteiger partial charge in [-0.3, -0.25) is 4.79 Å². The quantitative estimate of drug-likeness (QED) is 0.768. The van der Waals surface area contributed by atoms with Crippen molar-refractivity contribution >= 4 is 27.6 Å². The molecule has 1 aromatic rings. The Bertz CT molecular complexity index is 760. The van der Waals surface area contributed by atoms with Gasteiger partial charge in [-0.25, -0.2) is 13.2 Å². The van der Waals surface area contributed by atoms with E-state index in [-0.39, 0.29) is 11.3 Å². The summed E-state index contributed by atoms with van der Waals surface area (Å²) in [5, 5.41) is 11.8. The number of carbonyl (C=O) groups excluding carboxylic acids is 1. The van der Waals surface area contributed by atoms with Crippen LogP contribution in [0.25, 0.3) is 0 Å². The largest absolute Gasteiger partial charge is 0.478 e. The first-order valence-corrected chi connectivity index (χ1v) is 10.0. The van der Waals surface area contributed by atoms with Crippen molar-refractivity contribution in [2.24, 2.45) is 0 Å². The summed E-state index contributed by atoms with van der Waals surface area (Å²) in [6.45, 7) is 4.02. The van der Waals surface area contributed by atoms with Gasteiger partial charge in [0.05, 0.1) is 11.3 Å². The summed E-state index contributed by atoms with van der Waals surface area (Å²) in [4.78, 5) is 23.7. The minimum absolute atomic E-state index is 0.0425. The number of carboxylic acid groups (broad SMARTS) is 1. The maximum absolute atomic E-state index is 12.6. The fourth-order valence-electron chi connectivity index (χ4n) is 2.88. The van der Waals surface area contributed by atoms with Crippen molar-refractivity contribution in [1.29, 1.82) is 0 Å². The number of amides is 1. The van der Waals surface area contributed by atoms with Gasteiger partial charge in [-0.05, 0) is 43.9 Å². The number of carbonyl (C=O) groups is 2. The molecule has 2 N–H and O–H groups in total. The van der Waals surface area contributed by atoms with Gasteiger partial charge in [0.2, 0.25) is 15.9 Å². The van der Waals surface area contributed by atoms with Crippen molar-refractivity contribution in [2.75, 3.05) is 17.6 Å². The molecule has 0 aliphatic carbocycles. The first-order valence-electron chi connectivity index (χ1n) is 8.40. The van der Waals surface area contributed by atoms with Crippen molar-refractivity contribution < 1.29 is 23.1 Å². The summed E-state index contributed by atoms with van der Waals surface area (Å²) in [6.07, 6.45) is 2.44. The van der Waals surface area contributed by atoms with Gasteiger partial charge in [0, 0.05) is 12.2 Å². The normalized spacial score (nSPS) is 18.2. The van der Waals surface area contributed by atoms with Crippen LogP contribution in [0.15, 0.2) is 18.2 Å². The highest BCUT2D eigenvalue weighted by Crippen LogP contribution is 2.25. The van der Waals surface area contributed by atoms with Crippen LogP contribution in [-0.4, -0.2) is 48.0 Å². The Kier molecular flexibility index (Phi) is 6.18. The molecule has 1 amide bonds. The van der Waals surface area contributed by atoms with Crippen molar-refractivity contribution in [3.05, 3.63) is 29.3 Å². The van der Waals surface area contributed by atoms with E-state index in [4.69, 9.17) is 5.11 Å². The Morgan fingerprint density at radius 1 is 1.36 bits per heavy atom. The zero-order valence-corrected chi connectivity index (χ0v) is 15.3. The summed E-state index contributed by atoms with van der Waals surface area (Å²) in [5.74, 6) is -1.45. The van der Waals surface area contributed by atoms with Crippen LogP contribution in [0.2, 0.25) is 0 Å². The second kappa shape index (κ2) is 7.97. The predicted octanol–water partition coefficient (Wildman–Crippen LogP) is 2.23. The van der Waals surface area contributed by atoms with Gasteiger partial charge in [-0.1, -0.05) is 19.4 Å². The summed E-state index contributed by atoms with van der Waals surface area (Å²) in [6, 6.07) is 3.73. The van der Waals surface area contributed by atoms with E-state index in [1.165, 1.54) is 16.4 Å². The summed E-state index contributed by atoms with van der Waals surface area (Å²) in [7, 11) is -3.46. The number of benzene rings is 1.